The van der Waals surface area contributed by atoms with Gasteiger partial charge in [-0.1, -0.05) is 48.6 Å². The van der Waals surface area contributed by atoms with Crippen LogP contribution >= 0.6 is 0 Å². The first-order valence-corrected chi connectivity index (χ1v) is 12.7. The van der Waals surface area contributed by atoms with Gasteiger partial charge in [0.25, 0.3) is 5.91 Å². The molecule has 10 heteroatoms. The van der Waals surface area contributed by atoms with E-state index in [1.165, 1.54) is 6.08 Å². The molecule has 7 nitrogen and oxygen atoms in total. The molecule has 0 bridgehead atoms. The minimum absolute atomic E-state index is 0.312. The summed E-state index contributed by atoms with van der Waals surface area (Å²) in [5, 5.41) is 31.1. The van der Waals surface area contributed by atoms with Crippen molar-refractivity contribution in [1.82, 2.24) is 14.8 Å². The van der Waals surface area contributed by atoms with Crippen molar-refractivity contribution in [3.05, 3.63) is 71.5 Å². The minimum atomic E-state index is -4.43. The van der Waals surface area contributed by atoms with E-state index in [1.54, 1.807) is 12.1 Å². The highest BCUT2D eigenvalue weighted by molar-refractivity contribution is 5.97. The predicted molar refractivity (Wildman–Crippen MR) is 140 cm³/mol. The standard InChI is InChI=1S/C28H36F3N3O4/c1-19-23(27(38)32-22-11-6-10-21(16-22)28(29,30)31)17-24(20-8-4-3-5-9-20)34(19)14-7-13-33(2)15-12-25(36)26(37)18-35/h3-6,8-11,17,22,25-26,35-37H,7,12-16,18H2,1-2H3,(H,32,38). The average molecular weight is 536 g/mol. The molecular weight excluding hydrogens is 499 g/mol. The van der Waals surface area contributed by atoms with Crippen LogP contribution in [0.1, 0.15) is 35.3 Å². The van der Waals surface area contributed by atoms with Gasteiger partial charge in [-0.25, -0.2) is 0 Å². The summed E-state index contributed by atoms with van der Waals surface area (Å²) in [7, 11) is 1.90. The Morgan fingerprint density at radius 3 is 2.55 bits per heavy atom. The van der Waals surface area contributed by atoms with Crippen molar-refractivity contribution in [2.75, 3.05) is 26.7 Å². The van der Waals surface area contributed by atoms with Crippen LogP contribution in [-0.2, 0) is 6.54 Å². The first kappa shape index (κ1) is 29.6. The van der Waals surface area contributed by atoms with E-state index in [9.17, 15) is 28.2 Å². The second-order valence-electron chi connectivity index (χ2n) is 9.67. The zero-order chi connectivity index (χ0) is 27.9. The number of hydrogen-bond donors (Lipinski definition) is 4. The third-order valence-electron chi connectivity index (χ3n) is 6.80. The van der Waals surface area contributed by atoms with Crippen molar-refractivity contribution in [1.29, 1.82) is 0 Å². The molecule has 1 amide bonds. The number of alkyl halides is 3. The third kappa shape index (κ3) is 7.80. The molecule has 1 heterocycles. The average Bonchev–Trinajstić information content (AvgIpc) is 3.23. The molecule has 4 N–H and O–H groups in total. The maximum atomic E-state index is 13.2. The topological polar surface area (TPSA) is 98.0 Å². The maximum Gasteiger partial charge on any atom is 0.412 e. The lowest BCUT2D eigenvalue weighted by Gasteiger charge is -2.22. The van der Waals surface area contributed by atoms with Gasteiger partial charge in [0.2, 0.25) is 0 Å². The summed E-state index contributed by atoms with van der Waals surface area (Å²) >= 11 is 0. The number of carbonyl (C=O) groups is 1. The van der Waals surface area contributed by atoms with Crippen LogP contribution in [0.4, 0.5) is 13.2 Å². The van der Waals surface area contributed by atoms with E-state index in [0.717, 1.165) is 29.4 Å². The number of benzene rings is 1. The lowest BCUT2D eigenvalue weighted by Crippen LogP contribution is -2.36. The van der Waals surface area contributed by atoms with Gasteiger partial charge >= 0.3 is 6.18 Å². The molecule has 1 aromatic heterocycles. The smallest absolute Gasteiger partial charge is 0.394 e. The number of carbonyl (C=O) groups excluding carboxylic acids is 1. The maximum absolute atomic E-state index is 13.2. The summed E-state index contributed by atoms with van der Waals surface area (Å²) in [6, 6.07) is 10.6. The fraction of sp³-hybridized carbons (Fsp3) is 0.464. The Morgan fingerprint density at radius 2 is 1.89 bits per heavy atom. The Balaban J connectivity index is 1.70. The van der Waals surface area contributed by atoms with E-state index in [0.29, 0.717) is 31.6 Å². The number of halogens is 3. The minimum Gasteiger partial charge on any atom is -0.394 e. The molecule has 3 unspecified atom stereocenters. The molecule has 0 fully saturated rings. The number of aliphatic hydroxyl groups is 3. The normalized spacial score (nSPS) is 17.4. The highest BCUT2D eigenvalue weighted by atomic mass is 19.4. The highest BCUT2D eigenvalue weighted by Crippen LogP contribution is 2.32. The van der Waals surface area contributed by atoms with E-state index >= 15 is 0 Å². The number of hydrogen-bond acceptors (Lipinski definition) is 5. The predicted octanol–water partition coefficient (Wildman–Crippen LogP) is 3.44. The number of rotatable bonds is 12. The van der Waals surface area contributed by atoms with Crippen LogP contribution in [0.5, 0.6) is 0 Å². The Morgan fingerprint density at radius 1 is 1.18 bits per heavy atom. The largest absolute Gasteiger partial charge is 0.412 e. The van der Waals surface area contributed by atoms with Crippen molar-refractivity contribution in [3.8, 4) is 11.3 Å². The van der Waals surface area contributed by atoms with Gasteiger partial charge in [0, 0.05) is 36.5 Å². The molecule has 1 aliphatic rings. The summed E-state index contributed by atoms with van der Waals surface area (Å²) in [6.07, 6.45) is -1.94. The van der Waals surface area contributed by atoms with Crippen LogP contribution in [0.3, 0.4) is 0 Å². The van der Waals surface area contributed by atoms with Crippen LogP contribution in [0.15, 0.2) is 60.2 Å². The first-order valence-electron chi connectivity index (χ1n) is 12.7. The number of aliphatic hydroxyl groups excluding tert-OH is 3. The van der Waals surface area contributed by atoms with Crippen molar-refractivity contribution < 1.29 is 33.3 Å². The summed E-state index contributed by atoms with van der Waals surface area (Å²) in [6.45, 7) is 3.16. The van der Waals surface area contributed by atoms with Crippen LogP contribution < -0.4 is 5.32 Å². The van der Waals surface area contributed by atoms with Crippen molar-refractivity contribution in [3.63, 3.8) is 0 Å². The highest BCUT2D eigenvalue weighted by Gasteiger charge is 2.35. The molecule has 3 atom stereocenters. The summed E-state index contributed by atoms with van der Waals surface area (Å²) in [4.78, 5) is 15.2. The van der Waals surface area contributed by atoms with Crippen LogP contribution in [0.2, 0.25) is 0 Å². The first-order chi connectivity index (χ1) is 18.0. The SMILES string of the molecule is Cc1c(C(=O)NC2C=CC=C(C(F)(F)F)C2)cc(-c2ccccc2)n1CCCN(C)CCC(O)C(O)CO. The Labute approximate surface area is 220 Å². The Bertz CT molecular complexity index is 1130. The molecule has 2 aromatic rings. The van der Waals surface area contributed by atoms with Crippen LogP contribution in [0, 0.1) is 6.92 Å². The fourth-order valence-corrected chi connectivity index (χ4v) is 4.52. The summed E-state index contributed by atoms with van der Waals surface area (Å²) in [5.74, 6) is -0.426. The molecule has 1 aliphatic carbocycles. The number of amides is 1. The molecule has 0 spiro atoms. The zero-order valence-corrected chi connectivity index (χ0v) is 21.7. The molecule has 3 rings (SSSR count). The number of aromatic nitrogens is 1. The van der Waals surface area contributed by atoms with Gasteiger partial charge in [0.1, 0.15) is 6.10 Å². The van der Waals surface area contributed by atoms with E-state index < -0.39 is 42.5 Å². The molecule has 0 saturated carbocycles. The van der Waals surface area contributed by atoms with Gasteiger partial charge < -0.3 is 30.1 Å². The van der Waals surface area contributed by atoms with E-state index in [4.69, 9.17) is 5.11 Å². The van der Waals surface area contributed by atoms with Gasteiger partial charge in [0.15, 0.2) is 0 Å². The fourth-order valence-electron chi connectivity index (χ4n) is 4.52. The Hall–Kier alpha value is -2.92. The van der Waals surface area contributed by atoms with E-state index in [1.807, 2.05) is 53.8 Å². The number of allylic oxidation sites excluding steroid dienone is 2. The van der Waals surface area contributed by atoms with Crippen molar-refractivity contribution in [2.24, 2.45) is 0 Å². The zero-order valence-electron chi connectivity index (χ0n) is 21.7. The Kier molecular flexibility index (Phi) is 10.3. The van der Waals surface area contributed by atoms with Gasteiger partial charge in [0.05, 0.1) is 24.3 Å². The van der Waals surface area contributed by atoms with Crippen molar-refractivity contribution >= 4 is 5.91 Å². The van der Waals surface area contributed by atoms with E-state index in [-0.39, 0.29) is 6.42 Å². The van der Waals surface area contributed by atoms with Crippen molar-refractivity contribution in [2.45, 2.75) is 57.2 Å². The molecular formula is C28H36F3N3O4. The second-order valence-corrected chi connectivity index (χ2v) is 9.67. The van der Waals surface area contributed by atoms with Gasteiger partial charge in [-0.3, -0.25) is 4.79 Å². The lowest BCUT2D eigenvalue weighted by atomic mass is 9.99. The molecule has 0 saturated heterocycles. The van der Waals surface area contributed by atoms with Gasteiger partial charge in [-0.2, -0.15) is 13.2 Å². The molecule has 38 heavy (non-hydrogen) atoms. The van der Waals surface area contributed by atoms with Gasteiger partial charge in [-0.15, -0.1) is 0 Å². The number of nitrogens with one attached hydrogen (secondary N) is 1. The molecule has 208 valence electrons. The summed E-state index contributed by atoms with van der Waals surface area (Å²) in [5.41, 5.74) is 2.22. The monoisotopic (exact) mass is 535 g/mol. The lowest BCUT2D eigenvalue weighted by molar-refractivity contribution is -0.0945. The molecule has 0 radical (unpaired) electrons. The second kappa shape index (κ2) is 13.2. The molecule has 0 aliphatic heterocycles. The van der Waals surface area contributed by atoms with Gasteiger partial charge in [-0.05, 0) is 45.0 Å². The van der Waals surface area contributed by atoms with Crippen LogP contribution in [-0.4, -0.2) is 81.9 Å². The summed E-state index contributed by atoms with van der Waals surface area (Å²) < 4.78 is 41.5. The third-order valence-corrected chi connectivity index (χ3v) is 6.80. The number of nitrogens with zero attached hydrogens (tertiary/aromatic N) is 2. The quantitative estimate of drug-likeness (QED) is 0.334. The van der Waals surface area contributed by atoms with Crippen LogP contribution in [0.25, 0.3) is 11.3 Å². The van der Waals surface area contributed by atoms with E-state index in [2.05, 4.69) is 5.32 Å². The molecule has 1 aromatic carbocycles.